The van der Waals surface area contributed by atoms with E-state index in [1.807, 2.05) is 30.3 Å². The van der Waals surface area contributed by atoms with Gasteiger partial charge in [-0.1, -0.05) is 30.3 Å². The number of hydrogen-bond donors (Lipinski definition) is 2. The predicted molar refractivity (Wildman–Crippen MR) is 120 cm³/mol. The number of allylic oxidation sites excluding steroid dienone is 1. The normalized spacial score (nSPS) is 20.1. The first-order valence-corrected chi connectivity index (χ1v) is 9.99. The van der Waals surface area contributed by atoms with Crippen LogP contribution in [-0.4, -0.2) is 40.5 Å². The van der Waals surface area contributed by atoms with Crippen LogP contribution in [0.15, 0.2) is 69.6 Å². The van der Waals surface area contributed by atoms with Crippen LogP contribution in [0.4, 0.5) is 5.69 Å². The van der Waals surface area contributed by atoms with Gasteiger partial charge in [0.05, 0.1) is 11.4 Å². The Labute approximate surface area is 179 Å². The van der Waals surface area contributed by atoms with E-state index in [0.717, 1.165) is 23.4 Å². The number of aliphatic imine (C=N–C) groups is 3. The second-order valence-corrected chi connectivity index (χ2v) is 7.34. The number of carbonyl (C=O) groups excluding carboxylic acids is 1. The molecule has 0 spiro atoms. The van der Waals surface area contributed by atoms with E-state index < -0.39 is 5.72 Å². The minimum atomic E-state index is -1.70. The molecule has 1 amide bonds. The van der Waals surface area contributed by atoms with Gasteiger partial charge < -0.3 is 10.4 Å². The molecule has 0 aliphatic carbocycles. The minimum absolute atomic E-state index is 0.190. The average molecular weight is 409 g/mol. The number of nitrogens with one attached hydrogen (secondary N) is 1. The lowest BCUT2D eigenvalue weighted by Gasteiger charge is -2.32. The number of carbonyl (C=O) groups is 1. The zero-order valence-corrected chi connectivity index (χ0v) is 16.6. The smallest absolute Gasteiger partial charge is 0.251 e. The van der Waals surface area contributed by atoms with Crippen LogP contribution in [0, 0.1) is 12.3 Å². The molecule has 0 aromatic heterocycles. The summed E-state index contributed by atoms with van der Waals surface area (Å²) in [4.78, 5) is 27.6. The molecule has 1 atom stereocenters. The summed E-state index contributed by atoms with van der Waals surface area (Å²) in [6.07, 6.45) is 10.1. The molecule has 0 saturated carbocycles. The van der Waals surface area contributed by atoms with Gasteiger partial charge in [0, 0.05) is 35.9 Å². The lowest BCUT2D eigenvalue weighted by molar-refractivity contribution is 0.0952. The minimum Gasteiger partial charge on any atom is -0.359 e. The van der Waals surface area contributed by atoms with Crippen LogP contribution in [0.5, 0.6) is 0 Å². The van der Waals surface area contributed by atoms with Gasteiger partial charge in [0.15, 0.2) is 5.84 Å². The van der Waals surface area contributed by atoms with Crippen LogP contribution < -0.4 is 5.32 Å². The lowest BCUT2D eigenvalue weighted by atomic mass is 9.97. The summed E-state index contributed by atoms with van der Waals surface area (Å²) >= 11 is 0. The maximum atomic E-state index is 12.3. The number of guanidine groups is 1. The number of amidine groups is 1. The van der Waals surface area contributed by atoms with Gasteiger partial charge in [0.25, 0.3) is 5.91 Å². The molecule has 0 fully saturated rings. The quantitative estimate of drug-likeness (QED) is 0.588. The van der Waals surface area contributed by atoms with Crippen molar-refractivity contribution in [3.05, 3.63) is 71.3 Å². The molecule has 152 valence electrons. The van der Waals surface area contributed by atoms with Gasteiger partial charge in [-0.25, -0.2) is 15.0 Å². The monoisotopic (exact) mass is 409 g/mol. The molecule has 3 aliphatic rings. The molecule has 3 aliphatic heterocycles. The van der Waals surface area contributed by atoms with Crippen LogP contribution >= 0.6 is 0 Å². The van der Waals surface area contributed by atoms with Crippen molar-refractivity contribution in [3.63, 3.8) is 0 Å². The number of para-hydroxylation sites is 1. The molecule has 0 saturated heterocycles. The molecule has 5 rings (SSSR count). The fourth-order valence-corrected chi connectivity index (χ4v) is 3.83. The van der Waals surface area contributed by atoms with Gasteiger partial charge >= 0.3 is 0 Å². The van der Waals surface area contributed by atoms with Crippen molar-refractivity contribution in [2.24, 2.45) is 15.0 Å². The number of benzene rings is 2. The summed E-state index contributed by atoms with van der Waals surface area (Å²) in [6, 6.07) is 14.4. The van der Waals surface area contributed by atoms with Crippen LogP contribution in [0.25, 0.3) is 5.70 Å². The molecule has 0 bridgehead atoms. The summed E-state index contributed by atoms with van der Waals surface area (Å²) in [5.41, 5.74) is 1.87. The first-order chi connectivity index (χ1) is 15.1. The Morgan fingerprint density at radius 2 is 2.00 bits per heavy atom. The van der Waals surface area contributed by atoms with E-state index in [1.54, 1.807) is 35.4 Å². The Kier molecular flexibility index (Phi) is 4.50. The molecule has 31 heavy (non-hydrogen) atoms. The molecule has 3 heterocycles. The van der Waals surface area contributed by atoms with E-state index in [9.17, 15) is 9.90 Å². The number of hydrogen-bond acceptors (Lipinski definition) is 6. The molecule has 1 unspecified atom stereocenters. The van der Waals surface area contributed by atoms with Crippen molar-refractivity contribution in [3.8, 4) is 12.3 Å². The Balaban J connectivity index is 1.47. The van der Waals surface area contributed by atoms with Crippen molar-refractivity contribution in [1.82, 2.24) is 10.2 Å². The van der Waals surface area contributed by atoms with Crippen molar-refractivity contribution in [1.29, 1.82) is 0 Å². The fraction of sp³-hybridized carbons (Fsp3) is 0.167. The zero-order chi connectivity index (χ0) is 21.4. The number of fused-ring (bicyclic) bond motifs is 2. The molecule has 0 radical (unpaired) electrons. The molecule has 7 nitrogen and oxygen atoms in total. The highest BCUT2D eigenvalue weighted by molar-refractivity contribution is 6.22. The van der Waals surface area contributed by atoms with E-state index in [0.29, 0.717) is 35.9 Å². The van der Waals surface area contributed by atoms with Gasteiger partial charge in [0.1, 0.15) is 0 Å². The Bertz CT molecular complexity index is 1230. The van der Waals surface area contributed by atoms with E-state index in [2.05, 4.69) is 21.2 Å². The third-order valence-corrected chi connectivity index (χ3v) is 5.39. The largest absolute Gasteiger partial charge is 0.359 e. The van der Waals surface area contributed by atoms with Crippen LogP contribution in [0.2, 0.25) is 0 Å². The highest BCUT2D eigenvalue weighted by atomic mass is 16.3. The SMILES string of the molecule is C#CCCCNC(=O)c1ccc(C2(O)N=C3N=CC=C4c5ccccc5N=C2N43)cc1. The molecule has 2 N–H and O–H groups in total. The Hall–Kier alpha value is -4.02. The van der Waals surface area contributed by atoms with Gasteiger partial charge in [-0.15, -0.1) is 12.3 Å². The summed E-state index contributed by atoms with van der Waals surface area (Å²) in [6.45, 7) is 0.515. The number of aliphatic hydroxyl groups is 1. The maximum Gasteiger partial charge on any atom is 0.251 e. The molecule has 2 aromatic rings. The van der Waals surface area contributed by atoms with Gasteiger partial charge in [-0.2, -0.15) is 0 Å². The average Bonchev–Trinajstić information content (AvgIpc) is 3.10. The number of amides is 1. The molecule has 7 heteroatoms. The van der Waals surface area contributed by atoms with Gasteiger partial charge in [-0.3, -0.25) is 9.69 Å². The maximum absolute atomic E-state index is 12.3. The Morgan fingerprint density at radius 1 is 1.19 bits per heavy atom. The van der Waals surface area contributed by atoms with E-state index >= 15 is 0 Å². The summed E-state index contributed by atoms with van der Waals surface area (Å²) in [5, 5.41) is 14.4. The summed E-state index contributed by atoms with van der Waals surface area (Å²) in [5.74, 6) is 3.11. The van der Waals surface area contributed by atoms with E-state index in [4.69, 9.17) is 11.4 Å². The van der Waals surface area contributed by atoms with Crippen LogP contribution in [0.1, 0.15) is 34.3 Å². The van der Waals surface area contributed by atoms with Crippen LogP contribution in [-0.2, 0) is 5.72 Å². The van der Waals surface area contributed by atoms with E-state index in [1.165, 1.54) is 0 Å². The number of unbranched alkanes of at least 4 members (excludes halogenated alkanes) is 1. The number of nitrogens with zero attached hydrogens (tertiary/aromatic N) is 4. The third kappa shape index (κ3) is 3.05. The number of rotatable bonds is 5. The van der Waals surface area contributed by atoms with Crippen molar-refractivity contribution < 1.29 is 9.90 Å². The highest BCUT2D eigenvalue weighted by Gasteiger charge is 2.50. The standard InChI is InChI=1S/C24H19N5O2/c1-2-3-6-14-25-21(30)16-9-11-17(12-10-16)24(31)22-27-19-8-5-4-7-18(19)20-13-15-26-23(28-24)29(20)22/h1,4-5,7-13,15,31H,3,6,14H2,(H,25,30). The van der Waals surface area contributed by atoms with E-state index in [-0.39, 0.29) is 5.91 Å². The van der Waals surface area contributed by atoms with Crippen LogP contribution in [0.3, 0.4) is 0 Å². The van der Waals surface area contributed by atoms with Crippen molar-refractivity contribution in [2.45, 2.75) is 18.6 Å². The van der Waals surface area contributed by atoms with Crippen molar-refractivity contribution in [2.75, 3.05) is 6.54 Å². The highest BCUT2D eigenvalue weighted by Crippen LogP contribution is 2.44. The second kappa shape index (κ2) is 7.35. The first kappa shape index (κ1) is 19.0. The van der Waals surface area contributed by atoms with Gasteiger partial charge in [0.2, 0.25) is 11.7 Å². The molecule has 2 aromatic carbocycles. The second-order valence-electron chi connectivity index (χ2n) is 7.34. The van der Waals surface area contributed by atoms with Gasteiger partial charge in [-0.05, 0) is 30.7 Å². The first-order valence-electron chi connectivity index (χ1n) is 9.99. The summed E-state index contributed by atoms with van der Waals surface area (Å²) in [7, 11) is 0. The van der Waals surface area contributed by atoms with Crippen molar-refractivity contribution >= 4 is 35.3 Å². The number of terminal acetylenes is 1. The predicted octanol–water partition coefficient (Wildman–Crippen LogP) is 2.82. The Morgan fingerprint density at radius 3 is 2.81 bits per heavy atom. The third-order valence-electron chi connectivity index (χ3n) is 5.39. The molecular weight excluding hydrogens is 390 g/mol. The lowest BCUT2D eigenvalue weighted by Crippen LogP contribution is -2.42. The fourth-order valence-electron chi connectivity index (χ4n) is 3.83. The zero-order valence-electron chi connectivity index (χ0n) is 16.6. The topological polar surface area (TPSA) is 89.6 Å². The summed E-state index contributed by atoms with van der Waals surface area (Å²) < 4.78 is 0. The molecular formula is C24H19N5O2.